The summed E-state index contributed by atoms with van der Waals surface area (Å²) in [5.74, 6) is -0.778. The minimum absolute atomic E-state index is 0.244. The van der Waals surface area contributed by atoms with Crippen LogP contribution in [0.15, 0.2) is 61.1 Å². The lowest BCUT2D eigenvalue weighted by Crippen LogP contribution is -2.47. The van der Waals surface area contributed by atoms with Gasteiger partial charge in [-0.15, -0.1) is 0 Å². The van der Waals surface area contributed by atoms with Crippen LogP contribution in [0, 0.1) is 12.4 Å². The second kappa shape index (κ2) is 8.62. The van der Waals surface area contributed by atoms with Crippen molar-refractivity contribution in [1.29, 1.82) is 0 Å². The maximum atomic E-state index is 14.0. The summed E-state index contributed by atoms with van der Waals surface area (Å²) < 4.78 is 14.0. The molecule has 0 aliphatic carbocycles. The van der Waals surface area contributed by atoms with E-state index in [4.69, 9.17) is 6.57 Å². The highest BCUT2D eigenvalue weighted by atomic mass is 19.1. The molecule has 2 heterocycles. The van der Waals surface area contributed by atoms with E-state index in [2.05, 4.69) is 14.8 Å². The summed E-state index contributed by atoms with van der Waals surface area (Å²) in [4.78, 5) is 26.3. The van der Waals surface area contributed by atoms with Crippen LogP contribution >= 0.6 is 0 Å². The van der Waals surface area contributed by atoms with Crippen molar-refractivity contribution in [3.8, 4) is 11.3 Å². The van der Waals surface area contributed by atoms with Crippen molar-refractivity contribution in [2.24, 2.45) is 0 Å². The zero-order valence-electron chi connectivity index (χ0n) is 16.8. The third-order valence-electron chi connectivity index (χ3n) is 5.62. The summed E-state index contributed by atoms with van der Waals surface area (Å²) in [6.07, 6.45) is 4.18. The number of carbonyl (C=O) groups is 1. The van der Waals surface area contributed by atoms with Gasteiger partial charge in [-0.1, -0.05) is 29.8 Å². The molecule has 1 amide bonds. The number of nitrogens with zero attached hydrogens (tertiary/aromatic N) is 4. The minimum Gasteiger partial charge on any atom is -0.389 e. The first kappa shape index (κ1) is 20.6. The van der Waals surface area contributed by atoms with Crippen molar-refractivity contribution in [2.75, 3.05) is 13.1 Å². The summed E-state index contributed by atoms with van der Waals surface area (Å²) in [5.41, 5.74) is 1.82. The van der Waals surface area contributed by atoms with Gasteiger partial charge in [0.05, 0.1) is 23.4 Å². The normalized spacial score (nSPS) is 15.3. The second-order valence-electron chi connectivity index (χ2n) is 7.76. The third kappa shape index (κ3) is 4.60. The zero-order valence-corrected chi connectivity index (χ0v) is 16.8. The highest BCUT2D eigenvalue weighted by Gasteiger charge is 2.35. The Morgan fingerprint density at radius 2 is 2.00 bits per heavy atom. The van der Waals surface area contributed by atoms with E-state index in [1.807, 2.05) is 12.1 Å². The fourth-order valence-electron chi connectivity index (χ4n) is 3.96. The van der Waals surface area contributed by atoms with Crippen LogP contribution in [0.25, 0.3) is 16.1 Å². The molecule has 0 spiro atoms. The van der Waals surface area contributed by atoms with Crippen LogP contribution in [0.2, 0.25) is 0 Å². The smallest absolute Gasteiger partial charge is 0.254 e. The zero-order chi connectivity index (χ0) is 21.8. The van der Waals surface area contributed by atoms with Gasteiger partial charge in [0.15, 0.2) is 5.69 Å². The maximum Gasteiger partial charge on any atom is 0.254 e. The SMILES string of the molecule is [C-]#[N+]c1cccc(CC2(O)CCN(C(=O)c3cc(F)ccc3-c3ccncn3)CC2)c1. The van der Waals surface area contributed by atoms with Gasteiger partial charge in [0, 0.05) is 31.3 Å². The van der Waals surface area contributed by atoms with E-state index in [-0.39, 0.29) is 11.5 Å². The molecule has 1 aliphatic heterocycles. The number of likely N-dealkylation sites (tertiary alicyclic amines) is 1. The molecule has 31 heavy (non-hydrogen) atoms. The van der Waals surface area contributed by atoms with Crippen molar-refractivity contribution in [2.45, 2.75) is 24.9 Å². The summed E-state index contributed by atoms with van der Waals surface area (Å²) in [7, 11) is 0. The summed E-state index contributed by atoms with van der Waals surface area (Å²) in [5, 5.41) is 11.0. The van der Waals surface area contributed by atoms with Crippen LogP contribution in [0.1, 0.15) is 28.8 Å². The maximum absolute atomic E-state index is 14.0. The number of carbonyl (C=O) groups excluding carboxylic acids is 1. The standard InChI is InChI=1S/C24H21FN4O2/c1-26-19-4-2-3-17(13-19)15-24(31)8-11-29(12-9-24)23(30)21-14-18(25)5-6-20(21)22-7-10-27-16-28-22/h2-7,10,13-14,16,31H,8-9,11-12,15H2. The highest BCUT2D eigenvalue weighted by Crippen LogP contribution is 2.30. The van der Waals surface area contributed by atoms with Gasteiger partial charge < -0.3 is 10.0 Å². The average Bonchev–Trinajstić information content (AvgIpc) is 2.79. The predicted octanol–water partition coefficient (Wildman–Crippen LogP) is 4.04. The first-order valence-corrected chi connectivity index (χ1v) is 10.0. The van der Waals surface area contributed by atoms with E-state index in [0.29, 0.717) is 49.3 Å². The number of piperidine rings is 1. The van der Waals surface area contributed by atoms with Gasteiger partial charge >= 0.3 is 0 Å². The van der Waals surface area contributed by atoms with Gasteiger partial charge in [0.25, 0.3) is 5.91 Å². The molecule has 1 saturated heterocycles. The molecule has 4 rings (SSSR count). The average molecular weight is 416 g/mol. The molecule has 1 fully saturated rings. The van der Waals surface area contributed by atoms with Gasteiger partial charge in [-0.25, -0.2) is 19.2 Å². The van der Waals surface area contributed by atoms with Crippen molar-refractivity contribution < 1.29 is 14.3 Å². The highest BCUT2D eigenvalue weighted by molar-refractivity contribution is 6.00. The van der Waals surface area contributed by atoms with E-state index in [1.165, 1.54) is 18.5 Å². The summed E-state index contributed by atoms with van der Waals surface area (Å²) in [6, 6.07) is 13.0. The predicted molar refractivity (Wildman–Crippen MR) is 114 cm³/mol. The Morgan fingerprint density at radius 3 is 2.71 bits per heavy atom. The molecule has 7 heteroatoms. The molecule has 1 aromatic heterocycles. The lowest BCUT2D eigenvalue weighted by atomic mass is 9.85. The number of hydrogen-bond acceptors (Lipinski definition) is 4. The quantitative estimate of drug-likeness (QED) is 0.652. The second-order valence-corrected chi connectivity index (χ2v) is 7.76. The third-order valence-corrected chi connectivity index (χ3v) is 5.62. The van der Waals surface area contributed by atoms with Crippen molar-refractivity contribution >= 4 is 11.6 Å². The number of hydrogen-bond donors (Lipinski definition) is 1. The molecule has 6 nitrogen and oxygen atoms in total. The van der Waals surface area contributed by atoms with Gasteiger partial charge in [-0.3, -0.25) is 4.79 Å². The van der Waals surface area contributed by atoms with E-state index >= 15 is 0 Å². The molecule has 0 bridgehead atoms. The largest absolute Gasteiger partial charge is 0.389 e. The van der Waals surface area contributed by atoms with E-state index < -0.39 is 11.4 Å². The molecular weight excluding hydrogens is 395 g/mol. The number of aliphatic hydroxyl groups is 1. The van der Waals surface area contributed by atoms with Crippen LogP contribution < -0.4 is 0 Å². The van der Waals surface area contributed by atoms with Crippen LogP contribution in [0.3, 0.4) is 0 Å². The monoisotopic (exact) mass is 416 g/mol. The fourth-order valence-corrected chi connectivity index (χ4v) is 3.96. The van der Waals surface area contributed by atoms with Crippen molar-refractivity contribution in [3.05, 3.63) is 89.4 Å². The topological polar surface area (TPSA) is 70.7 Å². The Hall–Kier alpha value is -3.63. The lowest BCUT2D eigenvalue weighted by Gasteiger charge is -2.38. The Labute approximate surface area is 179 Å². The molecule has 3 aromatic rings. The number of benzene rings is 2. The fraction of sp³-hybridized carbons (Fsp3) is 0.250. The summed E-state index contributed by atoms with van der Waals surface area (Å²) in [6.45, 7) is 7.86. The van der Waals surface area contributed by atoms with Crippen LogP contribution in [0.4, 0.5) is 10.1 Å². The number of amides is 1. The van der Waals surface area contributed by atoms with Crippen LogP contribution in [-0.4, -0.2) is 44.6 Å². The Bertz CT molecular complexity index is 1140. The van der Waals surface area contributed by atoms with Gasteiger partial charge in [0.2, 0.25) is 0 Å². The molecule has 156 valence electrons. The van der Waals surface area contributed by atoms with Gasteiger partial charge in [-0.2, -0.15) is 0 Å². The molecule has 2 aromatic carbocycles. The lowest BCUT2D eigenvalue weighted by molar-refractivity contribution is -0.0162. The van der Waals surface area contributed by atoms with E-state index in [1.54, 1.807) is 35.4 Å². The molecule has 1 N–H and O–H groups in total. The number of aromatic nitrogens is 2. The Kier molecular flexibility index (Phi) is 5.74. The van der Waals surface area contributed by atoms with Gasteiger partial charge in [0.1, 0.15) is 12.1 Å². The first-order chi connectivity index (χ1) is 15.0. The van der Waals surface area contributed by atoms with Crippen LogP contribution in [0.5, 0.6) is 0 Å². The molecule has 0 atom stereocenters. The van der Waals surface area contributed by atoms with E-state index in [9.17, 15) is 14.3 Å². The Balaban J connectivity index is 1.50. The Morgan fingerprint density at radius 1 is 1.19 bits per heavy atom. The van der Waals surface area contributed by atoms with E-state index in [0.717, 1.165) is 5.56 Å². The molecule has 0 unspecified atom stereocenters. The number of rotatable bonds is 4. The molecule has 0 radical (unpaired) electrons. The molecule has 1 aliphatic rings. The minimum atomic E-state index is -0.950. The first-order valence-electron chi connectivity index (χ1n) is 10.0. The van der Waals surface area contributed by atoms with Crippen LogP contribution in [-0.2, 0) is 6.42 Å². The summed E-state index contributed by atoms with van der Waals surface area (Å²) >= 11 is 0. The molecule has 0 saturated carbocycles. The number of halogens is 1. The van der Waals surface area contributed by atoms with Crippen molar-refractivity contribution in [3.63, 3.8) is 0 Å². The van der Waals surface area contributed by atoms with Gasteiger partial charge in [-0.05, 0) is 37.1 Å². The van der Waals surface area contributed by atoms with Crippen molar-refractivity contribution in [1.82, 2.24) is 14.9 Å². The molecular formula is C24H21FN4O2.